The molecule has 0 spiro atoms. The highest BCUT2D eigenvalue weighted by atomic mass is 16.1. The summed E-state index contributed by atoms with van der Waals surface area (Å²) in [6, 6.07) is 4.84. The molecule has 2 N–H and O–H groups in total. The maximum absolute atomic E-state index is 12.6. The third-order valence-electron chi connectivity index (χ3n) is 6.96. The van der Waals surface area contributed by atoms with Crippen LogP contribution in [0.2, 0.25) is 0 Å². The van der Waals surface area contributed by atoms with Crippen LogP contribution in [0.1, 0.15) is 58.6 Å². The van der Waals surface area contributed by atoms with Gasteiger partial charge >= 0.3 is 0 Å². The molecule has 1 aliphatic carbocycles. The van der Waals surface area contributed by atoms with Crippen LogP contribution in [0, 0.1) is 6.92 Å². The van der Waals surface area contributed by atoms with Crippen molar-refractivity contribution < 1.29 is 4.79 Å². The van der Waals surface area contributed by atoms with Crippen molar-refractivity contribution in [2.75, 3.05) is 34.2 Å². The molecule has 1 aliphatic heterocycles. The van der Waals surface area contributed by atoms with E-state index in [-0.39, 0.29) is 6.04 Å². The van der Waals surface area contributed by atoms with Crippen LogP contribution >= 0.6 is 0 Å². The zero-order valence-electron chi connectivity index (χ0n) is 19.7. The van der Waals surface area contributed by atoms with E-state index in [1.165, 1.54) is 5.56 Å². The molecule has 2 aromatic heterocycles. The first-order valence-electron chi connectivity index (χ1n) is 11.4. The Balaban J connectivity index is 1.60. The van der Waals surface area contributed by atoms with Crippen LogP contribution < -0.4 is 5.73 Å². The Morgan fingerprint density at radius 1 is 1.31 bits per heavy atom. The first kappa shape index (κ1) is 22.5. The number of imidazole rings is 1. The fourth-order valence-electron chi connectivity index (χ4n) is 5.17. The molecule has 2 atom stereocenters. The van der Waals surface area contributed by atoms with E-state index in [1.807, 2.05) is 23.8 Å². The lowest BCUT2D eigenvalue weighted by Gasteiger charge is -2.32. The van der Waals surface area contributed by atoms with Gasteiger partial charge in [-0.2, -0.15) is 0 Å². The smallest absolute Gasteiger partial charge is 0.267 e. The number of aromatic nitrogens is 3. The van der Waals surface area contributed by atoms with Crippen molar-refractivity contribution in [1.82, 2.24) is 29.2 Å². The SMILES string of the molecule is C=C(N1CCC(N(C)C)C1)n1c(C)nc(CN(C)[C@H]2CCCc3cccnc32)c1C(N)=O. The van der Waals surface area contributed by atoms with E-state index in [2.05, 4.69) is 53.5 Å². The summed E-state index contributed by atoms with van der Waals surface area (Å²) in [5, 5.41) is 0. The average Bonchev–Trinajstić information content (AvgIpc) is 3.38. The number of carbonyl (C=O) groups is 1. The second-order valence-corrected chi connectivity index (χ2v) is 9.29. The maximum Gasteiger partial charge on any atom is 0.267 e. The highest BCUT2D eigenvalue weighted by Gasteiger charge is 2.31. The molecule has 2 aliphatic rings. The molecule has 1 amide bonds. The number of likely N-dealkylation sites (tertiary alicyclic amines) is 1. The number of rotatable bonds is 7. The summed E-state index contributed by atoms with van der Waals surface area (Å²) in [6.07, 6.45) is 6.16. The lowest BCUT2D eigenvalue weighted by atomic mass is 9.91. The van der Waals surface area contributed by atoms with Crippen molar-refractivity contribution in [2.24, 2.45) is 5.73 Å². The minimum absolute atomic E-state index is 0.203. The lowest BCUT2D eigenvalue weighted by Crippen LogP contribution is -2.33. The first-order chi connectivity index (χ1) is 15.3. The molecule has 0 bridgehead atoms. The Morgan fingerprint density at radius 2 is 2.09 bits per heavy atom. The van der Waals surface area contributed by atoms with Crippen molar-refractivity contribution in [3.05, 3.63) is 53.4 Å². The van der Waals surface area contributed by atoms with Crippen molar-refractivity contribution >= 4 is 11.7 Å². The van der Waals surface area contributed by atoms with Gasteiger partial charge in [-0.05, 0) is 65.4 Å². The van der Waals surface area contributed by atoms with Gasteiger partial charge in [-0.15, -0.1) is 0 Å². The van der Waals surface area contributed by atoms with Crippen LogP contribution in [-0.2, 0) is 13.0 Å². The van der Waals surface area contributed by atoms with Crippen LogP contribution in [0.15, 0.2) is 24.9 Å². The van der Waals surface area contributed by atoms with Crippen LogP contribution in [0.3, 0.4) is 0 Å². The second kappa shape index (κ2) is 9.03. The molecule has 0 aromatic carbocycles. The number of nitrogens with zero attached hydrogens (tertiary/aromatic N) is 6. The second-order valence-electron chi connectivity index (χ2n) is 9.29. The summed E-state index contributed by atoms with van der Waals surface area (Å²) in [7, 11) is 6.27. The largest absolute Gasteiger partial charge is 0.364 e. The monoisotopic (exact) mass is 437 g/mol. The predicted octanol–water partition coefficient (Wildman–Crippen LogP) is 2.26. The normalized spacial score (nSPS) is 20.8. The van der Waals surface area contributed by atoms with Gasteiger partial charge in [0.1, 0.15) is 17.3 Å². The van der Waals surface area contributed by atoms with Gasteiger partial charge in [0.2, 0.25) is 0 Å². The Morgan fingerprint density at radius 3 is 2.78 bits per heavy atom. The Bertz CT molecular complexity index is 1010. The van der Waals surface area contributed by atoms with Crippen LogP contribution in [0.5, 0.6) is 0 Å². The van der Waals surface area contributed by atoms with Gasteiger partial charge in [0, 0.05) is 31.9 Å². The molecule has 172 valence electrons. The van der Waals surface area contributed by atoms with Gasteiger partial charge in [0.05, 0.1) is 17.4 Å². The van der Waals surface area contributed by atoms with E-state index in [0.29, 0.717) is 24.0 Å². The molecule has 4 rings (SSSR count). The van der Waals surface area contributed by atoms with Crippen LogP contribution in [0.25, 0.3) is 5.82 Å². The molecule has 2 aromatic rings. The number of likely N-dealkylation sites (N-methyl/N-ethyl adjacent to an activating group) is 1. The molecule has 1 unspecified atom stereocenters. The highest BCUT2D eigenvalue weighted by Crippen LogP contribution is 2.33. The van der Waals surface area contributed by atoms with Gasteiger partial charge in [-0.3, -0.25) is 19.2 Å². The van der Waals surface area contributed by atoms with Gasteiger partial charge in [-0.1, -0.05) is 12.6 Å². The molecule has 8 heteroatoms. The molecule has 3 heterocycles. The Hall–Kier alpha value is -2.71. The van der Waals surface area contributed by atoms with Crippen molar-refractivity contribution in [1.29, 1.82) is 0 Å². The summed E-state index contributed by atoms with van der Waals surface area (Å²) >= 11 is 0. The predicted molar refractivity (Wildman–Crippen MR) is 126 cm³/mol. The average molecular weight is 438 g/mol. The summed E-state index contributed by atoms with van der Waals surface area (Å²) in [4.78, 5) is 28.7. The number of primary amides is 1. The van der Waals surface area contributed by atoms with Gasteiger partial charge in [-0.25, -0.2) is 4.98 Å². The van der Waals surface area contributed by atoms with Crippen molar-refractivity contribution in [3.63, 3.8) is 0 Å². The van der Waals surface area contributed by atoms with E-state index in [9.17, 15) is 4.79 Å². The minimum atomic E-state index is -0.472. The minimum Gasteiger partial charge on any atom is -0.364 e. The van der Waals surface area contributed by atoms with E-state index in [4.69, 9.17) is 10.7 Å². The van der Waals surface area contributed by atoms with Crippen LogP contribution in [-0.4, -0.2) is 75.4 Å². The molecule has 32 heavy (non-hydrogen) atoms. The Kier molecular flexibility index (Phi) is 6.35. The third kappa shape index (κ3) is 4.17. The number of pyridine rings is 1. The fourth-order valence-corrected chi connectivity index (χ4v) is 5.17. The van der Waals surface area contributed by atoms with Crippen molar-refractivity contribution in [3.8, 4) is 0 Å². The molecular formula is C24H35N7O. The summed E-state index contributed by atoms with van der Waals surface area (Å²) < 4.78 is 1.84. The van der Waals surface area contributed by atoms with E-state index < -0.39 is 5.91 Å². The Labute approximate surface area is 190 Å². The number of hydrogen-bond donors (Lipinski definition) is 1. The number of nitrogens with two attached hydrogens (primary N) is 1. The zero-order chi connectivity index (χ0) is 23.0. The van der Waals surface area contributed by atoms with Crippen LogP contribution in [0.4, 0.5) is 0 Å². The number of hydrogen-bond acceptors (Lipinski definition) is 6. The maximum atomic E-state index is 12.6. The van der Waals surface area contributed by atoms with E-state index in [0.717, 1.165) is 56.1 Å². The summed E-state index contributed by atoms with van der Waals surface area (Å²) in [6.45, 7) is 8.54. The molecule has 1 fully saturated rings. The first-order valence-corrected chi connectivity index (χ1v) is 11.4. The third-order valence-corrected chi connectivity index (χ3v) is 6.96. The number of carbonyl (C=O) groups excluding carboxylic acids is 1. The topological polar surface area (TPSA) is 83.5 Å². The van der Waals surface area contributed by atoms with Crippen molar-refractivity contribution in [2.45, 2.75) is 51.2 Å². The molecular weight excluding hydrogens is 402 g/mol. The van der Waals surface area contributed by atoms with Gasteiger partial charge in [0.25, 0.3) is 5.91 Å². The molecule has 0 saturated carbocycles. The summed E-state index contributed by atoms with van der Waals surface area (Å²) in [5.74, 6) is 1.04. The fraction of sp³-hybridized carbons (Fsp3) is 0.542. The number of aryl methyl sites for hydroxylation is 2. The zero-order valence-corrected chi connectivity index (χ0v) is 19.7. The van der Waals surface area contributed by atoms with E-state index >= 15 is 0 Å². The van der Waals surface area contributed by atoms with E-state index in [1.54, 1.807) is 0 Å². The quantitative estimate of drug-likeness (QED) is 0.715. The van der Waals surface area contributed by atoms with Gasteiger partial charge < -0.3 is 15.5 Å². The highest BCUT2D eigenvalue weighted by molar-refractivity contribution is 5.93. The lowest BCUT2D eigenvalue weighted by molar-refractivity contribution is 0.0990. The molecule has 1 saturated heterocycles. The molecule has 8 nitrogen and oxygen atoms in total. The number of amides is 1. The standard InChI is InChI=1S/C24H35N7O/c1-16-27-20(15-29(5)21-10-6-8-18-9-7-12-26-22(18)21)23(24(25)32)31(16)17(2)30-13-11-19(14-30)28(3)4/h7,9,12,19,21H,2,6,8,10-11,13-15H2,1,3-5H3,(H2,25,32)/t19?,21-/m0/s1. The van der Waals surface area contributed by atoms with Gasteiger partial charge in [0.15, 0.2) is 0 Å². The number of fused-ring (bicyclic) bond motifs is 1. The molecule has 0 radical (unpaired) electrons. The summed E-state index contributed by atoms with van der Waals surface area (Å²) in [5.41, 5.74) is 9.45.